The van der Waals surface area contributed by atoms with Gasteiger partial charge in [-0.2, -0.15) is 0 Å². The molecule has 2 aliphatic rings. The fourth-order valence-corrected chi connectivity index (χ4v) is 3.06. The molecule has 102 valence electrons. The van der Waals surface area contributed by atoms with Crippen LogP contribution in [0.25, 0.3) is 0 Å². The van der Waals surface area contributed by atoms with Crippen LogP contribution in [0.3, 0.4) is 0 Å². The van der Waals surface area contributed by atoms with Gasteiger partial charge < -0.3 is 15.8 Å². The van der Waals surface area contributed by atoms with Crippen molar-refractivity contribution in [3.63, 3.8) is 0 Å². The van der Waals surface area contributed by atoms with Crippen LogP contribution in [0.4, 0.5) is 5.69 Å². The number of anilines is 1. The quantitative estimate of drug-likeness (QED) is 0.861. The van der Waals surface area contributed by atoms with E-state index in [4.69, 9.17) is 10.5 Å². The number of ether oxygens (including phenoxy) is 1. The Kier molecular flexibility index (Phi) is 3.07. The molecule has 0 bridgehead atoms. The first kappa shape index (κ1) is 12.6. The van der Waals surface area contributed by atoms with Crippen LogP contribution in [0.1, 0.15) is 24.5 Å². The molecule has 0 spiro atoms. The van der Waals surface area contributed by atoms with Crippen LogP contribution in [0.2, 0.25) is 0 Å². The molecule has 19 heavy (non-hydrogen) atoms. The lowest BCUT2D eigenvalue weighted by molar-refractivity contribution is -0.115. The smallest absolute Gasteiger partial charge is 0.228 e. The molecule has 1 aromatic carbocycles. The van der Waals surface area contributed by atoms with E-state index in [1.54, 1.807) is 0 Å². The highest BCUT2D eigenvalue weighted by molar-refractivity contribution is 5.99. The fraction of sp³-hybridized carbons (Fsp3) is 0.533. The summed E-state index contributed by atoms with van der Waals surface area (Å²) in [6.45, 7) is 4.40. The van der Waals surface area contributed by atoms with E-state index >= 15 is 0 Å². The molecule has 1 atom stereocenters. The van der Waals surface area contributed by atoms with Crippen LogP contribution in [-0.4, -0.2) is 25.7 Å². The largest absolute Gasteiger partial charge is 0.379 e. The first-order chi connectivity index (χ1) is 9.13. The van der Waals surface area contributed by atoms with Crippen molar-refractivity contribution < 1.29 is 9.53 Å². The second-order valence-electron chi connectivity index (χ2n) is 5.92. The normalized spacial score (nSPS) is 21.5. The minimum Gasteiger partial charge on any atom is -0.379 e. The summed E-state index contributed by atoms with van der Waals surface area (Å²) >= 11 is 0. The zero-order valence-electron chi connectivity index (χ0n) is 11.2. The zero-order chi connectivity index (χ0) is 13.5. The van der Waals surface area contributed by atoms with Gasteiger partial charge in [-0.3, -0.25) is 4.79 Å². The first-order valence-electron chi connectivity index (χ1n) is 6.84. The van der Waals surface area contributed by atoms with Gasteiger partial charge in [0, 0.05) is 11.1 Å². The van der Waals surface area contributed by atoms with E-state index in [9.17, 15) is 4.79 Å². The molecule has 1 fully saturated rings. The third kappa shape index (κ3) is 2.15. The summed E-state index contributed by atoms with van der Waals surface area (Å²) in [4.78, 5) is 11.4. The molecule has 4 nitrogen and oxygen atoms in total. The zero-order valence-corrected chi connectivity index (χ0v) is 11.2. The minimum atomic E-state index is 0.0846. The number of benzene rings is 1. The molecule has 3 N–H and O–H groups in total. The number of nitrogens with one attached hydrogen (secondary N) is 1. The van der Waals surface area contributed by atoms with Gasteiger partial charge in [0.1, 0.15) is 0 Å². The molecular formula is C15H20N2O2. The van der Waals surface area contributed by atoms with Gasteiger partial charge in [0.25, 0.3) is 0 Å². The van der Waals surface area contributed by atoms with Gasteiger partial charge >= 0.3 is 0 Å². The maximum Gasteiger partial charge on any atom is 0.228 e. The highest BCUT2D eigenvalue weighted by atomic mass is 16.5. The van der Waals surface area contributed by atoms with Crippen molar-refractivity contribution in [2.75, 3.05) is 25.1 Å². The highest BCUT2D eigenvalue weighted by Crippen LogP contribution is 2.40. The van der Waals surface area contributed by atoms with E-state index in [2.05, 4.69) is 24.4 Å². The van der Waals surface area contributed by atoms with Gasteiger partial charge in [-0.15, -0.1) is 0 Å². The summed E-state index contributed by atoms with van der Waals surface area (Å²) in [5.74, 6) is 0.568. The van der Waals surface area contributed by atoms with Gasteiger partial charge in [0.2, 0.25) is 5.91 Å². The summed E-state index contributed by atoms with van der Waals surface area (Å²) < 4.78 is 5.46. The van der Waals surface area contributed by atoms with Gasteiger partial charge in [0.15, 0.2) is 0 Å². The maximum atomic E-state index is 11.4. The summed E-state index contributed by atoms with van der Waals surface area (Å²) in [7, 11) is 0. The number of fused-ring (bicyclic) bond motifs is 1. The Morgan fingerprint density at radius 3 is 2.89 bits per heavy atom. The average Bonchev–Trinajstić information content (AvgIpc) is 2.72. The number of rotatable bonds is 4. The Morgan fingerprint density at radius 2 is 2.26 bits per heavy atom. The monoisotopic (exact) mass is 260 g/mol. The topological polar surface area (TPSA) is 64.4 Å². The molecule has 2 aliphatic heterocycles. The predicted octanol–water partition coefficient (Wildman–Crippen LogP) is 1.43. The third-order valence-corrected chi connectivity index (χ3v) is 4.24. The van der Waals surface area contributed by atoms with Crippen molar-refractivity contribution in [3.05, 3.63) is 29.3 Å². The summed E-state index contributed by atoms with van der Waals surface area (Å²) in [5, 5.41) is 2.87. The molecule has 1 unspecified atom stereocenters. The Bertz CT molecular complexity index is 509. The van der Waals surface area contributed by atoms with Crippen molar-refractivity contribution in [2.24, 2.45) is 11.7 Å². The van der Waals surface area contributed by atoms with Crippen LogP contribution in [0, 0.1) is 5.92 Å². The van der Waals surface area contributed by atoms with Crippen LogP contribution in [-0.2, 0) is 21.4 Å². The number of carbonyl (C=O) groups excluding carboxylic acids is 1. The van der Waals surface area contributed by atoms with Crippen molar-refractivity contribution in [2.45, 2.75) is 25.2 Å². The Labute approximate surface area is 113 Å². The molecule has 1 aromatic rings. The van der Waals surface area contributed by atoms with E-state index in [0.717, 1.165) is 30.9 Å². The van der Waals surface area contributed by atoms with E-state index in [-0.39, 0.29) is 11.3 Å². The van der Waals surface area contributed by atoms with Crippen LogP contribution in [0.5, 0.6) is 0 Å². The molecule has 2 heterocycles. The summed E-state index contributed by atoms with van der Waals surface area (Å²) in [6.07, 6.45) is 1.54. The van der Waals surface area contributed by atoms with E-state index < -0.39 is 0 Å². The second kappa shape index (κ2) is 4.62. The predicted molar refractivity (Wildman–Crippen MR) is 74.1 cm³/mol. The number of amides is 1. The molecule has 0 saturated carbocycles. The highest BCUT2D eigenvalue weighted by Gasteiger charge is 2.41. The fourth-order valence-electron chi connectivity index (χ4n) is 3.06. The summed E-state index contributed by atoms with van der Waals surface area (Å²) in [5.41, 5.74) is 9.19. The number of carbonyl (C=O) groups is 1. The lowest BCUT2D eigenvalue weighted by atomic mass is 9.72. The van der Waals surface area contributed by atoms with Crippen molar-refractivity contribution in [1.29, 1.82) is 0 Å². The van der Waals surface area contributed by atoms with Crippen LogP contribution < -0.4 is 11.1 Å². The maximum absolute atomic E-state index is 11.4. The Balaban J connectivity index is 1.88. The van der Waals surface area contributed by atoms with E-state index in [1.807, 2.05) is 6.07 Å². The lowest BCUT2D eigenvalue weighted by Crippen LogP contribution is -2.48. The van der Waals surface area contributed by atoms with E-state index in [1.165, 1.54) is 5.56 Å². The Hall–Kier alpha value is -1.39. The summed E-state index contributed by atoms with van der Waals surface area (Å²) in [6, 6.07) is 6.30. The number of hydrogen-bond donors (Lipinski definition) is 2. The third-order valence-electron chi connectivity index (χ3n) is 4.24. The molecule has 0 aliphatic carbocycles. The molecule has 1 amide bonds. The Morgan fingerprint density at radius 1 is 1.47 bits per heavy atom. The molecule has 4 heteroatoms. The lowest BCUT2D eigenvalue weighted by Gasteiger charge is -2.43. The molecule has 3 rings (SSSR count). The molecule has 0 aromatic heterocycles. The van der Waals surface area contributed by atoms with Crippen molar-refractivity contribution in [1.82, 2.24) is 0 Å². The standard InChI is InChI=1S/C15H20N2O2/c1-10(7-16)6-15(8-19-9-15)12-2-3-13-11(4-12)5-14(18)17-13/h2-4,10H,5-9,16H2,1H3,(H,17,18). The number of hydrogen-bond acceptors (Lipinski definition) is 3. The molecule has 1 saturated heterocycles. The second-order valence-corrected chi connectivity index (χ2v) is 5.92. The molecular weight excluding hydrogens is 240 g/mol. The molecule has 0 radical (unpaired) electrons. The first-order valence-corrected chi connectivity index (χ1v) is 6.84. The number of nitrogens with two attached hydrogens (primary N) is 1. The minimum absolute atomic E-state index is 0.0846. The van der Waals surface area contributed by atoms with Gasteiger partial charge in [-0.1, -0.05) is 19.1 Å². The van der Waals surface area contributed by atoms with Crippen molar-refractivity contribution >= 4 is 11.6 Å². The van der Waals surface area contributed by atoms with E-state index in [0.29, 0.717) is 18.9 Å². The van der Waals surface area contributed by atoms with Gasteiger partial charge in [-0.05, 0) is 36.1 Å². The van der Waals surface area contributed by atoms with Crippen LogP contribution >= 0.6 is 0 Å². The average molecular weight is 260 g/mol. The van der Waals surface area contributed by atoms with Crippen LogP contribution in [0.15, 0.2) is 18.2 Å². The van der Waals surface area contributed by atoms with Gasteiger partial charge in [0.05, 0.1) is 19.6 Å². The SMILES string of the molecule is CC(CN)CC1(c2ccc3c(c2)CC(=O)N3)COC1. The van der Waals surface area contributed by atoms with Crippen molar-refractivity contribution in [3.8, 4) is 0 Å². The van der Waals surface area contributed by atoms with Gasteiger partial charge in [-0.25, -0.2) is 0 Å².